The molecule has 0 fully saturated rings. The molecule has 1 aromatic carbocycles. The molecule has 2 heterocycles. The van der Waals surface area contributed by atoms with E-state index in [1.165, 1.54) is 16.8 Å². The van der Waals surface area contributed by atoms with Crippen molar-refractivity contribution in [3.05, 3.63) is 63.1 Å². The van der Waals surface area contributed by atoms with Crippen molar-refractivity contribution in [2.75, 3.05) is 12.5 Å². The molecule has 0 spiro atoms. The average Bonchev–Trinajstić information content (AvgIpc) is 2.71. The molecule has 0 unspecified atom stereocenters. The highest BCUT2D eigenvalue weighted by Crippen LogP contribution is 2.42. The Morgan fingerprint density at radius 1 is 1.09 bits per heavy atom. The Labute approximate surface area is 197 Å². The second-order valence-electron chi connectivity index (χ2n) is 8.46. The zero-order valence-electron chi connectivity index (χ0n) is 18.9. The minimum Gasteiger partial charge on any atom is -0.485 e. The van der Waals surface area contributed by atoms with Crippen molar-refractivity contribution in [1.82, 2.24) is 4.57 Å². The first-order valence-electron chi connectivity index (χ1n) is 9.95. The van der Waals surface area contributed by atoms with Crippen molar-refractivity contribution >= 4 is 20.2 Å². The number of rotatable bonds is 7. The Kier molecular flexibility index (Phi) is 6.94. The molecule has 13 heteroatoms. The topological polar surface area (TPSA) is 162 Å². The van der Waals surface area contributed by atoms with Crippen LogP contribution in [0.25, 0.3) is 0 Å². The predicted octanol–water partition coefficient (Wildman–Crippen LogP) is 0.794. The summed E-state index contributed by atoms with van der Waals surface area (Å²) in [7, 11) is -7.72. The first-order valence-corrected chi connectivity index (χ1v) is 13.6. The minimum atomic E-state index is -3.87. The van der Waals surface area contributed by atoms with Gasteiger partial charge in [0.15, 0.2) is 0 Å². The zero-order chi connectivity index (χ0) is 25.5. The molecule has 34 heavy (non-hydrogen) atoms. The van der Waals surface area contributed by atoms with E-state index in [0.717, 1.165) is 18.6 Å². The van der Waals surface area contributed by atoms with Crippen LogP contribution in [0.5, 0.6) is 5.75 Å². The van der Waals surface area contributed by atoms with Crippen LogP contribution in [0.15, 0.2) is 35.3 Å². The van der Waals surface area contributed by atoms with Gasteiger partial charge < -0.3 is 14.4 Å². The van der Waals surface area contributed by atoms with Crippen molar-refractivity contribution in [2.45, 2.75) is 44.8 Å². The number of fused-ring (bicyclic) bond motifs is 1. The van der Waals surface area contributed by atoms with E-state index >= 15 is 0 Å². The number of benzene rings is 1. The molecule has 11 nitrogen and oxygen atoms in total. The van der Waals surface area contributed by atoms with Gasteiger partial charge >= 0.3 is 0 Å². The van der Waals surface area contributed by atoms with E-state index in [1.54, 1.807) is 26.0 Å². The van der Waals surface area contributed by atoms with Gasteiger partial charge in [0.25, 0.3) is 25.8 Å². The molecule has 1 aliphatic heterocycles. The first kappa shape index (κ1) is 25.9. The molecule has 0 aliphatic carbocycles. The molecule has 1 aromatic heterocycles. The van der Waals surface area contributed by atoms with Crippen molar-refractivity contribution < 1.29 is 35.0 Å². The van der Waals surface area contributed by atoms with Gasteiger partial charge in [-0.3, -0.25) is 13.2 Å². The van der Waals surface area contributed by atoms with E-state index in [0.29, 0.717) is 11.3 Å². The maximum atomic E-state index is 13.1. The zero-order valence-corrected chi connectivity index (χ0v) is 20.5. The van der Waals surface area contributed by atoms with Crippen LogP contribution in [0.2, 0.25) is 0 Å². The number of aliphatic hydroxyl groups is 1. The van der Waals surface area contributed by atoms with Crippen LogP contribution in [0.1, 0.15) is 42.1 Å². The number of nitrogens with zero attached hydrogens (tertiary/aromatic N) is 2. The summed E-state index contributed by atoms with van der Waals surface area (Å²) >= 11 is 0. The van der Waals surface area contributed by atoms with E-state index in [2.05, 4.69) is 0 Å². The Morgan fingerprint density at radius 3 is 2.24 bits per heavy atom. The molecule has 2 atom stereocenters. The lowest BCUT2D eigenvalue weighted by atomic mass is 9.85. The lowest BCUT2D eigenvalue weighted by molar-refractivity contribution is -0.0643. The Hall–Kier alpha value is -2.76. The number of nitriles is 1. The van der Waals surface area contributed by atoms with Crippen LogP contribution >= 0.6 is 0 Å². The molecule has 1 N–H and O–H groups in total. The Balaban J connectivity index is 2.20. The number of aliphatic hydroxyl groups excluding tert-OH is 1. The average molecular weight is 513 g/mol. The van der Waals surface area contributed by atoms with Crippen LogP contribution in [0.3, 0.4) is 0 Å². The third-order valence-electron chi connectivity index (χ3n) is 5.26. The lowest BCUT2D eigenvalue weighted by Crippen LogP contribution is -2.52. The summed E-state index contributed by atoms with van der Waals surface area (Å²) in [5.41, 5.74) is -0.822. The second-order valence-corrected chi connectivity index (χ2v) is 11.7. The Bertz CT molecular complexity index is 1420. The molecular formula is C21H24N2O9S2. The molecule has 2 aromatic rings. The fourth-order valence-corrected chi connectivity index (χ4v) is 4.27. The molecule has 0 saturated heterocycles. The van der Waals surface area contributed by atoms with Crippen LogP contribution in [0.4, 0.5) is 0 Å². The SMILES string of the molecule is CC1(C)Oc2ccc(C#N)cc2[C@H](n2cc(COS(C)(=O)=O)c(COS(C)(=O)=O)cc2=O)[C@H]1O. The molecule has 3 rings (SSSR count). The van der Waals surface area contributed by atoms with E-state index in [9.17, 15) is 32.0 Å². The van der Waals surface area contributed by atoms with Crippen LogP contribution in [0, 0.1) is 11.3 Å². The predicted molar refractivity (Wildman–Crippen MR) is 120 cm³/mol. The highest BCUT2D eigenvalue weighted by atomic mass is 32.2. The largest absolute Gasteiger partial charge is 0.485 e. The number of pyridine rings is 1. The van der Waals surface area contributed by atoms with Crippen molar-refractivity contribution in [3.63, 3.8) is 0 Å². The standard InChI is InChI=1S/C21H24N2O9S2/c1-21(2)20(25)19(16-7-13(9-22)5-6-17(16)32-21)23-10-15(12-31-34(4,28)29)14(8-18(23)24)11-30-33(3,26)27/h5-8,10,19-20,25H,11-12H2,1-4H3/t19-,20+/m0/s1. The van der Waals surface area contributed by atoms with E-state index in [4.69, 9.17) is 13.1 Å². The monoisotopic (exact) mass is 512 g/mol. The highest BCUT2D eigenvalue weighted by Gasteiger charge is 2.44. The Morgan fingerprint density at radius 2 is 1.68 bits per heavy atom. The fourth-order valence-electron chi connectivity index (χ4n) is 3.59. The first-order chi connectivity index (χ1) is 15.6. The molecule has 0 bridgehead atoms. The minimum absolute atomic E-state index is 0.0992. The van der Waals surface area contributed by atoms with E-state index in [-0.39, 0.29) is 16.7 Å². The maximum absolute atomic E-state index is 13.1. The van der Waals surface area contributed by atoms with Gasteiger partial charge in [0, 0.05) is 23.4 Å². The summed E-state index contributed by atoms with van der Waals surface area (Å²) in [5, 5.41) is 20.4. The smallest absolute Gasteiger partial charge is 0.264 e. The van der Waals surface area contributed by atoms with Gasteiger partial charge in [-0.1, -0.05) is 0 Å². The van der Waals surface area contributed by atoms with Gasteiger partial charge in [-0.2, -0.15) is 22.1 Å². The molecule has 184 valence electrons. The summed E-state index contributed by atoms with van der Waals surface area (Å²) in [6, 6.07) is 6.71. The summed E-state index contributed by atoms with van der Waals surface area (Å²) < 4.78 is 62.7. The molecule has 0 saturated carbocycles. The lowest BCUT2D eigenvalue weighted by Gasteiger charge is -2.42. The van der Waals surface area contributed by atoms with Crippen molar-refractivity contribution in [1.29, 1.82) is 5.26 Å². The summed E-state index contributed by atoms with van der Waals surface area (Å²) in [4.78, 5) is 13.1. The highest BCUT2D eigenvalue weighted by molar-refractivity contribution is 7.86. The molecule has 0 radical (unpaired) electrons. The summed E-state index contributed by atoms with van der Waals surface area (Å²) in [6.07, 6.45) is 1.73. The summed E-state index contributed by atoms with van der Waals surface area (Å²) in [5.74, 6) is 0.365. The normalized spacial score (nSPS) is 19.6. The van der Waals surface area contributed by atoms with Crippen molar-refractivity contribution in [2.24, 2.45) is 0 Å². The number of aromatic nitrogens is 1. The third kappa shape index (κ3) is 5.83. The molecule has 0 amide bonds. The van der Waals surface area contributed by atoms with Gasteiger partial charge in [-0.25, -0.2) is 0 Å². The quantitative estimate of drug-likeness (QED) is 0.525. The van der Waals surface area contributed by atoms with Gasteiger partial charge in [-0.05, 0) is 37.6 Å². The van der Waals surface area contributed by atoms with E-state index < -0.39 is 56.8 Å². The molecular weight excluding hydrogens is 488 g/mol. The number of ether oxygens (including phenoxy) is 1. The maximum Gasteiger partial charge on any atom is 0.264 e. The van der Waals surface area contributed by atoms with Gasteiger partial charge in [0.05, 0.1) is 43.4 Å². The van der Waals surface area contributed by atoms with Gasteiger partial charge in [0.2, 0.25) is 0 Å². The van der Waals surface area contributed by atoms with E-state index in [1.807, 2.05) is 6.07 Å². The van der Waals surface area contributed by atoms with Gasteiger partial charge in [0.1, 0.15) is 17.5 Å². The molecule has 1 aliphatic rings. The third-order valence-corrected chi connectivity index (χ3v) is 6.35. The van der Waals surface area contributed by atoms with Crippen LogP contribution in [-0.4, -0.2) is 50.7 Å². The number of hydrogen-bond acceptors (Lipinski definition) is 10. The van der Waals surface area contributed by atoms with Crippen LogP contribution in [-0.2, 0) is 41.8 Å². The van der Waals surface area contributed by atoms with Gasteiger partial charge in [-0.15, -0.1) is 0 Å². The number of hydrogen-bond donors (Lipinski definition) is 1. The van der Waals surface area contributed by atoms with Crippen LogP contribution < -0.4 is 10.3 Å². The summed E-state index contributed by atoms with van der Waals surface area (Å²) in [6.45, 7) is 2.25. The fraction of sp³-hybridized carbons (Fsp3) is 0.429. The second kappa shape index (κ2) is 9.12. The van der Waals surface area contributed by atoms with Crippen molar-refractivity contribution in [3.8, 4) is 11.8 Å².